The summed E-state index contributed by atoms with van der Waals surface area (Å²) in [6.45, 7) is 12.6. The Bertz CT molecular complexity index is 994. The Morgan fingerprint density at radius 3 is 2.50 bits per heavy atom. The van der Waals surface area contributed by atoms with Gasteiger partial charge in [0.2, 0.25) is 0 Å². The first-order valence-electron chi connectivity index (χ1n) is 11.4. The number of fused-ring (bicyclic) bond motifs is 1. The SMILES string of the molecule is Cc1cccc(N2CCC(CN3CCN(c4cn5ccnc5cc4C)CC3)CC2)c1. The van der Waals surface area contributed by atoms with E-state index in [-0.39, 0.29) is 0 Å². The highest BCUT2D eigenvalue weighted by molar-refractivity contribution is 5.58. The number of aromatic nitrogens is 2. The molecule has 0 atom stereocenters. The number of anilines is 2. The molecular formula is C25H33N5. The molecule has 2 aliphatic heterocycles. The van der Waals surface area contributed by atoms with Crippen LogP contribution in [0.4, 0.5) is 11.4 Å². The fourth-order valence-electron chi connectivity index (χ4n) is 5.11. The third-order valence-electron chi connectivity index (χ3n) is 6.92. The zero-order valence-electron chi connectivity index (χ0n) is 18.3. The standard InChI is InChI=1S/C25H33N5/c1-20-4-3-5-23(16-20)28-9-6-22(7-10-28)18-27-12-14-29(15-13-27)24-19-30-11-8-26-25(30)17-21(24)2/h3-5,8,11,16-17,19,22H,6-7,9-10,12-15,18H2,1-2H3. The Morgan fingerprint density at radius 2 is 1.73 bits per heavy atom. The van der Waals surface area contributed by atoms with Gasteiger partial charge in [-0.2, -0.15) is 0 Å². The van der Waals surface area contributed by atoms with Gasteiger partial charge in [-0.15, -0.1) is 0 Å². The van der Waals surface area contributed by atoms with E-state index >= 15 is 0 Å². The molecule has 5 heteroatoms. The molecule has 2 aliphatic rings. The van der Waals surface area contributed by atoms with Gasteiger partial charge in [0.05, 0.1) is 5.69 Å². The predicted octanol–water partition coefficient (Wildman–Crippen LogP) is 3.99. The summed E-state index contributed by atoms with van der Waals surface area (Å²) in [6, 6.07) is 11.1. The summed E-state index contributed by atoms with van der Waals surface area (Å²) in [7, 11) is 0. The van der Waals surface area contributed by atoms with E-state index in [4.69, 9.17) is 0 Å². The highest BCUT2D eigenvalue weighted by Crippen LogP contribution is 2.26. The van der Waals surface area contributed by atoms with Crippen LogP contribution in [0.2, 0.25) is 0 Å². The van der Waals surface area contributed by atoms with E-state index < -0.39 is 0 Å². The molecule has 2 aromatic heterocycles. The lowest BCUT2D eigenvalue weighted by Crippen LogP contribution is -2.49. The van der Waals surface area contributed by atoms with Crippen molar-refractivity contribution in [3.8, 4) is 0 Å². The van der Waals surface area contributed by atoms with E-state index in [1.807, 2.05) is 12.4 Å². The highest BCUT2D eigenvalue weighted by Gasteiger charge is 2.24. The van der Waals surface area contributed by atoms with Gasteiger partial charge in [0, 0.05) is 70.1 Å². The quantitative estimate of drug-likeness (QED) is 0.658. The van der Waals surface area contributed by atoms with Gasteiger partial charge in [-0.3, -0.25) is 4.90 Å². The maximum Gasteiger partial charge on any atom is 0.137 e. The molecule has 0 radical (unpaired) electrons. The first-order valence-corrected chi connectivity index (χ1v) is 11.4. The van der Waals surface area contributed by atoms with Crippen LogP contribution in [0.3, 0.4) is 0 Å². The molecule has 5 rings (SSSR count). The maximum atomic E-state index is 4.40. The Morgan fingerprint density at radius 1 is 0.933 bits per heavy atom. The molecular weight excluding hydrogens is 370 g/mol. The molecule has 0 saturated carbocycles. The van der Waals surface area contributed by atoms with Crippen molar-refractivity contribution in [1.82, 2.24) is 14.3 Å². The van der Waals surface area contributed by atoms with Gasteiger partial charge in [-0.05, 0) is 61.9 Å². The lowest BCUT2D eigenvalue weighted by atomic mass is 9.95. The summed E-state index contributed by atoms with van der Waals surface area (Å²) in [5.41, 5.74) is 6.46. The number of benzene rings is 1. The first kappa shape index (κ1) is 19.4. The lowest BCUT2D eigenvalue weighted by molar-refractivity contribution is 0.201. The molecule has 0 spiro atoms. The second-order valence-electron chi connectivity index (χ2n) is 9.09. The molecule has 4 heterocycles. The van der Waals surface area contributed by atoms with Gasteiger partial charge in [0.15, 0.2) is 0 Å². The third kappa shape index (κ3) is 4.04. The van der Waals surface area contributed by atoms with E-state index in [2.05, 4.69) is 74.5 Å². The van der Waals surface area contributed by atoms with E-state index in [0.717, 1.165) is 24.7 Å². The topological polar surface area (TPSA) is 27.0 Å². The smallest absolute Gasteiger partial charge is 0.137 e. The van der Waals surface area contributed by atoms with Crippen LogP contribution >= 0.6 is 0 Å². The molecule has 2 saturated heterocycles. The Labute approximate surface area is 179 Å². The van der Waals surface area contributed by atoms with E-state index in [1.54, 1.807) is 0 Å². The Kier molecular flexibility index (Phi) is 5.38. The summed E-state index contributed by atoms with van der Waals surface area (Å²) in [4.78, 5) is 12.2. The minimum absolute atomic E-state index is 0.835. The van der Waals surface area contributed by atoms with E-state index in [9.17, 15) is 0 Å². The predicted molar refractivity (Wildman–Crippen MR) is 125 cm³/mol. The molecule has 30 heavy (non-hydrogen) atoms. The van der Waals surface area contributed by atoms with Crippen LogP contribution in [-0.4, -0.2) is 60.1 Å². The summed E-state index contributed by atoms with van der Waals surface area (Å²) < 4.78 is 2.14. The molecule has 0 amide bonds. The summed E-state index contributed by atoms with van der Waals surface area (Å²) >= 11 is 0. The molecule has 1 aromatic carbocycles. The van der Waals surface area contributed by atoms with Crippen molar-refractivity contribution >= 4 is 17.0 Å². The van der Waals surface area contributed by atoms with Gasteiger partial charge in [0.1, 0.15) is 5.65 Å². The molecule has 5 nitrogen and oxygen atoms in total. The zero-order chi connectivity index (χ0) is 20.5. The van der Waals surface area contributed by atoms with E-state index in [1.165, 1.54) is 68.1 Å². The summed E-state index contributed by atoms with van der Waals surface area (Å²) in [6.07, 6.45) is 8.78. The van der Waals surface area contributed by atoms with Crippen molar-refractivity contribution in [2.75, 3.05) is 55.6 Å². The van der Waals surface area contributed by atoms with Crippen LogP contribution in [0.25, 0.3) is 5.65 Å². The minimum atomic E-state index is 0.835. The molecule has 0 unspecified atom stereocenters. The third-order valence-corrected chi connectivity index (χ3v) is 6.92. The average molecular weight is 404 g/mol. The van der Waals surface area contributed by atoms with Crippen molar-refractivity contribution in [3.63, 3.8) is 0 Å². The maximum absolute atomic E-state index is 4.40. The van der Waals surface area contributed by atoms with Crippen molar-refractivity contribution in [2.45, 2.75) is 26.7 Å². The van der Waals surface area contributed by atoms with Gasteiger partial charge in [-0.1, -0.05) is 12.1 Å². The molecule has 158 valence electrons. The number of hydrogen-bond acceptors (Lipinski definition) is 4. The summed E-state index contributed by atoms with van der Waals surface area (Å²) in [5, 5.41) is 0. The minimum Gasteiger partial charge on any atom is -0.372 e. The number of aryl methyl sites for hydroxylation is 2. The number of piperidine rings is 1. The number of pyridine rings is 1. The van der Waals surface area contributed by atoms with Crippen LogP contribution in [0.15, 0.2) is 48.9 Å². The lowest BCUT2D eigenvalue weighted by Gasteiger charge is -2.40. The molecule has 0 N–H and O–H groups in total. The number of nitrogens with zero attached hydrogens (tertiary/aromatic N) is 5. The fourth-order valence-corrected chi connectivity index (χ4v) is 5.11. The van der Waals surface area contributed by atoms with Crippen molar-refractivity contribution in [3.05, 3.63) is 60.0 Å². The number of piperazine rings is 1. The molecule has 0 aliphatic carbocycles. The van der Waals surface area contributed by atoms with Crippen molar-refractivity contribution in [2.24, 2.45) is 5.92 Å². The normalized spacial score (nSPS) is 19.0. The highest BCUT2D eigenvalue weighted by atomic mass is 15.3. The summed E-state index contributed by atoms with van der Waals surface area (Å²) in [5.74, 6) is 0.835. The van der Waals surface area contributed by atoms with Crippen molar-refractivity contribution in [1.29, 1.82) is 0 Å². The number of rotatable bonds is 4. The monoisotopic (exact) mass is 403 g/mol. The second kappa shape index (κ2) is 8.31. The van der Waals surface area contributed by atoms with Gasteiger partial charge < -0.3 is 14.2 Å². The molecule has 3 aromatic rings. The van der Waals surface area contributed by atoms with Crippen LogP contribution < -0.4 is 9.80 Å². The second-order valence-corrected chi connectivity index (χ2v) is 9.09. The van der Waals surface area contributed by atoms with Crippen molar-refractivity contribution < 1.29 is 0 Å². The van der Waals surface area contributed by atoms with E-state index in [0.29, 0.717) is 0 Å². The van der Waals surface area contributed by atoms with Crippen LogP contribution in [-0.2, 0) is 0 Å². The van der Waals surface area contributed by atoms with Crippen LogP contribution in [0.1, 0.15) is 24.0 Å². The fraction of sp³-hybridized carbons (Fsp3) is 0.480. The average Bonchev–Trinajstić information content (AvgIpc) is 3.21. The number of hydrogen-bond donors (Lipinski definition) is 0. The first-order chi connectivity index (χ1) is 14.7. The Hall–Kier alpha value is -2.53. The van der Waals surface area contributed by atoms with Crippen LogP contribution in [0.5, 0.6) is 0 Å². The van der Waals surface area contributed by atoms with Crippen LogP contribution in [0, 0.1) is 19.8 Å². The van der Waals surface area contributed by atoms with Gasteiger partial charge in [0.25, 0.3) is 0 Å². The molecule has 0 bridgehead atoms. The largest absolute Gasteiger partial charge is 0.372 e. The van der Waals surface area contributed by atoms with Gasteiger partial charge >= 0.3 is 0 Å². The zero-order valence-corrected chi connectivity index (χ0v) is 18.3. The van der Waals surface area contributed by atoms with Gasteiger partial charge in [-0.25, -0.2) is 4.98 Å². The molecule has 2 fully saturated rings. The Balaban J connectivity index is 1.13. The number of imidazole rings is 1.